The Kier molecular flexibility index (Phi) is 23.9. The Morgan fingerprint density at radius 2 is 0.788 bits per heavy atom. The van der Waals surface area contributed by atoms with E-state index in [0.717, 1.165) is 0 Å². The van der Waals surface area contributed by atoms with Gasteiger partial charge < -0.3 is 0 Å². The molecular weight excluding hydrogens is 430 g/mol. The van der Waals surface area contributed by atoms with Gasteiger partial charge >= 0.3 is 0 Å². The molecule has 0 bridgehead atoms. The predicted octanol–water partition coefficient (Wildman–Crippen LogP) is 12.1. The summed E-state index contributed by atoms with van der Waals surface area (Å²) in [5.41, 5.74) is 0. The van der Waals surface area contributed by atoms with Crippen molar-refractivity contribution in [3.8, 4) is 0 Å². The molecule has 202 valence electrons. The molecule has 0 rings (SSSR count). The van der Waals surface area contributed by atoms with Crippen molar-refractivity contribution in [1.82, 2.24) is 0 Å². The highest BCUT2D eigenvalue weighted by Gasteiger charge is 2.34. The topological polar surface area (TPSA) is 0 Å². The fourth-order valence-corrected chi connectivity index (χ4v) is 14.6. The molecule has 0 aromatic heterocycles. The second kappa shape index (κ2) is 22.0. The van der Waals surface area contributed by atoms with Gasteiger partial charge in [0.15, 0.2) is 0 Å². The van der Waals surface area contributed by atoms with E-state index in [1.165, 1.54) is 96.0 Å². The summed E-state index contributed by atoms with van der Waals surface area (Å²) in [6.45, 7) is 24.1. The van der Waals surface area contributed by atoms with Gasteiger partial charge in [0.25, 0.3) is 0 Å². The minimum absolute atomic E-state index is 0.0131. The van der Waals surface area contributed by atoms with E-state index in [1.54, 1.807) is 30.6 Å². The van der Waals surface area contributed by atoms with E-state index >= 15 is 0 Å². The minimum atomic E-state index is -0.828. The molecule has 0 saturated carbocycles. The van der Waals surface area contributed by atoms with Crippen LogP contribution in [0.5, 0.6) is 0 Å². The van der Waals surface area contributed by atoms with E-state index in [1.807, 2.05) is 0 Å². The molecule has 3 heteroatoms. The highest BCUT2D eigenvalue weighted by molar-refractivity contribution is 7.75. The maximum absolute atomic E-state index is 2.50. The summed E-state index contributed by atoms with van der Waals surface area (Å²) in [5.74, 6) is 1.57. The van der Waals surface area contributed by atoms with Crippen LogP contribution >= 0.6 is 7.26 Å². The molecule has 0 N–H and O–H groups in total. The molecule has 0 unspecified atom stereocenters. The van der Waals surface area contributed by atoms with E-state index < -0.39 is 15.3 Å². The van der Waals surface area contributed by atoms with Crippen LogP contribution < -0.4 is 0 Å². The van der Waals surface area contributed by atoms with Crippen molar-refractivity contribution in [2.75, 3.05) is 24.6 Å². The van der Waals surface area contributed by atoms with E-state index in [2.05, 4.69) is 68.1 Å². The van der Waals surface area contributed by atoms with Crippen LogP contribution in [-0.2, 0) is 0 Å². The highest BCUT2D eigenvalue weighted by Crippen LogP contribution is 2.61. The molecule has 0 aromatic carbocycles. The molecule has 0 fully saturated rings. The lowest BCUT2D eigenvalue weighted by Crippen LogP contribution is -2.40. The molecule has 33 heavy (non-hydrogen) atoms. The first-order chi connectivity index (χ1) is 15.6. The van der Waals surface area contributed by atoms with Gasteiger partial charge in [0.1, 0.15) is 0 Å². The second-order valence-corrected chi connectivity index (χ2v) is 22.8. The molecule has 0 spiro atoms. The number of hydrogen-bond acceptors (Lipinski definition) is 0. The molecule has 0 aliphatic rings. The van der Waals surface area contributed by atoms with Crippen LogP contribution in [0.3, 0.4) is 0 Å². The van der Waals surface area contributed by atoms with Gasteiger partial charge in [-0.3, -0.25) is 0 Å². The van der Waals surface area contributed by atoms with E-state index in [9.17, 15) is 0 Å². The standard InChI is InChI=1S/C20H44P.C10H26BSi/c1-5-9-13-14-15-16-20-21(17-10-6-2,18-11-7-3)19-12-8-4;1-7-11(8-2,9-3)10-12(4,5)6/h5-20H2,1-4H3;7-10H2,1-6H3/q+1;-1. The van der Waals surface area contributed by atoms with Gasteiger partial charge in [0.2, 0.25) is 0 Å². The van der Waals surface area contributed by atoms with Crippen molar-refractivity contribution in [3.63, 3.8) is 0 Å². The van der Waals surface area contributed by atoms with Crippen LogP contribution in [0.4, 0.5) is 0 Å². The van der Waals surface area contributed by atoms with Gasteiger partial charge in [-0.05, 0) is 38.3 Å². The Hall–Kier alpha value is 0.712. The first-order valence-electron chi connectivity index (χ1n) is 15.7. The summed E-state index contributed by atoms with van der Waals surface area (Å²) >= 11 is 0. The fourth-order valence-electron chi connectivity index (χ4n) is 5.98. The summed E-state index contributed by atoms with van der Waals surface area (Å²) in [7, 11) is -1.43. The Labute approximate surface area is 215 Å². The van der Waals surface area contributed by atoms with Gasteiger partial charge in [0, 0.05) is 15.3 Å². The van der Waals surface area contributed by atoms with Gasteiger partial charge in [-0.2, -0.15) is 24.9 Å². The maximum Gasteiger partial charge on any atom is 0.0594 e. The van der Waals surface area contributed by atoms with Crippen LogP contribution in [0.2, 0.25) is 44.5 Å². The summed E-state index contributed by atoms with van der Waals surface area (Å²) in [5, 5.41) is 0. The van der Waals surface area contributed by atoms with Crippen molar-refractivity contribution in [2.45, 2.75) is 170 Å². The summed E-state index contributed by atoms with van der Waals surface area (Å²) in [4.78, 5) is 0. The predicted molar refractivity (Wildman–Crippen MR) is 170 cm³/mol. The molecule has 0 nitrogen and oxygen atoms in total. The first kappa shape index (κ1) is 35.9. The van der Waals surface area contributed by atoms with E-state index in [0.29, 0.717) is 0 Å². The van der Waals surface area contributed by atoms with Crippen molar-refractivity contribution >= 4 is 21.5 Å². The molecule has 0 aliphatic carbocycles. The molecule has 0 saturated heterocycles. The summed E-state index contributed by atoms with van der Waals surface area (Å²) in [6, 6.07) is 0. The SMILES string of the molecule is CCCCCCCC[P+](CCCC)(CCCC)CCCC.CC[B-](CC)(CC)C[Si](C)(C)C. The lowest BCUT2D eigenvalue weighted by molar-refractivity contribution is 0.624. The zero-order valence-corrected chi connectivity index (χ0v) is 27.6. The summed E-state index contributed by atoms with van der Waals surface area (Å²) < 4.78 is 0. The van der Waals surface area contributed by atoms with Gasteiger partial charge in [-0.15, -0.1) is 0 Å². The van der Waals surface area contributed by atoms with Crippen molar-refractivity contribution < 1.29 is 0 Å². The van der Waals surface area contributed by atoms with E-state index in [-0.39, 0.29) is 6.15 Å². The van der Waals surface area contributed by atoms with Gasteiger partial charge in [-0.25, -0.2) is 0 Å². The average Bonchev–Trinajstić information content (AvgIpc) is 2.80. The molecule has 0 atom stereocenters. The number of hydrogen-bond donors (Lipinski definition) is 0. The van der Waals surface area contributed by atoms with Crippen LogP contribution in [-0.4, -0.2) is 38.9 Å². The van der Waals surface area contributed by atoms with Crippen LogP contribution in [0, 0.1) is 0 Å². The largest absolute Gasteiger partial charge is 0.182 e. The second-order valence-electron chi connectivity index (χ2n) is 12.8. The Bertz CT molecular complexity index is 371. The minimum Gasteiger partial charge on any atom is -0.182 e. The Balaban J connectivity index is 0. The zero-order chi connectivity index (χ0) is 25.6. The summed E-state index contributed by atoms with van der Waals surface area (Å²) in [6.07, 6.45) is 28.3. The monoisotopic (exact) mass is 501 g/mol. The van der Waals surface area contributed by atoms with Crippen molar-refractivity contribution in [2.24, 2.45) is 0 Å². The van der Waals surface area contributed by atoms with Crippen LogP contribution in [0.1, 0.15) is 126 Å². The third-order valence-corrected chi connectivity index (χ3v) is 15.7. The molecule has 0 radical (unpaired) electrons. The first-order valence-corrected chi connectivity index (χ1v) is 21.9. The van der Waals surface area contributed by atoms with Gasteiger partial charge in [0.05, 0.1) is 24.6 Å². The third kappa shape index (κ3) is 19.6. The molecule has 0 aromatic rings. The smallest absolute Gasteiger partial charge is 0.0594 e. The molecule has 0 amide bonds. The van der Waals surface area contributed by atoms with Crippen molar-refractivity contribution in [1.29, 1.82) is 0 Å². The Morgan fingerprint density at radius 1 is 0.455 bits per heavy atom. The van der Waals surface area contributed by atoms with Gasteiger partial charge in [-0.1, -0.05) is 113 Å². The lowest BCUT2D eigenvalue weighted by atomic mass is 9.22. The Morgan fingerprint density at radius 3 is 1.09 bits per heavy atom. The molecule has 0 heterocycles. The van der Waals surface area contributed by atoms with E-state index in [4.69, 9.17) is 0 Å². The highest BCUT2D eigenvalue weighted by atomic mass is 31.2. The number of unbranched alkanes of at least 4 members (excludes halogenated alkanes) is 8. The molecular formula is C30H70BPSi. The maximum atomic E-state index is 2.50. The van der Waals surface area contributed by atoms with Crippen LogP contribution in [0.15, 0.2) is 0 Å². The average molecular weight is 501 g/mol. The third-order valence-electron chi connectivity index (χ3n) is 8.59. The van der Waals surface area contributed by atoms with Crippen molar-refractivity contribution in [3.05, 3.63) is 0 Å². The normalized spacial score (nSPS) is 12.5. The lowest BCUT2D eigenvalue weighted by Gasteiger charge is -2.41. The zero-order valence-electron chi connectivity index (χ0n) is 25.7. The fraction of sp³-hybridized carbons (Fsp3) is 1.00. The molecule has 0 aliphatic heterocycles. The van der Waals surface area contributed by atoms with Crippen LogP contribution in [0.25, 0.3) is 0 Å². The quantitative estimate of drug-likeness (QED) is 0.0835. The number of rotatable bonds is 21.